The van der Waals surface area contributed by atoms with Crippen LogP contribution in [0.2, 0.25) is 0 Å². The van der Waals surface area contributed by atoms with Gasteiger partial charge in [-0.2, -0.15) is 0 Å². The Kier molecular flexibility index (Phi) is 4.19. The number of aryl methyl sites for hydroxylation is 1. The van der Waals surface area contributed by atoms with Gasteiger partial charge in [0, 0.05) is 36.6 Å². The van der Waals surface area contributed by atoms with Crippen molar-refractivity contribution in [3.63, 3.8) is 0 Å². The van der Waals surface area contributed by atoms with E-state index in [0.717, 1.165) is 37.0 Å². The lowest BCUT2D eigenvalue weighted by Gasteiger charge is -2.28. The molecule has 2 aromatic heterocycles. The number of ether oxygens (including phenoxy) is 1. The summed E-state index contributed by atoms with van der Waals surface area (Å²) in [6, 6.07) is 7.97. The molecule has 1 saturated carbocycles. The van der Waals surface area contributed by atoms with Gasteiger partial charge < -0.3 is 9.64 Å². The Morgan fingerprint density at radius 2 is 2.12 bits per heavy atom. The average Bonchev–Trinajstić information content (AvgIpc) is 3.13. The average molecular weight is 324 g/mol. The van der Waals surface area contributed by atoms with Gasteiger partial charge in [-0.15, -0.1) is 0 Å². The van der Waals surface area contributed by atoms with E-state index in [2.05, 4.69) is 19.9 Å². The van der Waals surface area contributed by atoms with E-state index in [1.54, 1.807) is 0 Å². The molecule has 2 aliphatic rings. The predicted molar refractivity (Wildman–Crippen MR) is 92.6 cm³/mol. The number of pyridine rings is 1. The molecule has 2 aromatic rings. The van der Waals surface area contributed by atoms with Gasteiger partial charge in [0.05, 0.1) is 18.9 Å². The van der Waals surface area contributed by atoms with Crippen molar-refractivity contribution in [1.29, 1.82) is 0 Å². The third-order valence-electron chi connectivity index (χ3n) is 5.46. The lowest BCUT2D eigenvalue weighted by molar-refractivity contribution is 0.0300. The summed E-state index contributed by atoms with van der Waals surface area (Å²) in [5, 5.41) is 0. The minimum absolute atomic E-state index is 0.253. The Bertz CT molecular complexity index is 693. The van der Waals surface area contributed by atoms with Gasteiger partial charge in [-0.3, -0.25) is 4.98 Å². The molecule has 0 N–H and O–H groups in total. The predicted octanol–water partition coefficient (Wildman–Crippen LogP) is 3.00. The van der Waals surface area contributed by atoms with Crippen LogP contribution in [0.1, 0.15) is 30.7 Å². The van der Waals surface area contributed by atoms with Crippen molar-refractivity contribution >= 4 is 5.95 Å². The SMILES string of the molecule is Cc1cccc(COC[C@]23CCC[C@H]2CN(c2ncccn2)C3)n1. The summed E-state index contributed by atoms with van der Waals surface area (Å²) in [5.74, 6) is 1.54. The molecule has 5 heteroatoms. The fourth-order valence-electron chi connectivity index (χ4n) is 4.30. The molecular weight excluding hydrogens is 300 g/mol. The molecule has 0 radical (unpaired) electrons. The molecule has 5 nitrogen and oxygen atoms in total. The zero-order valence-corrected chi connectivity index (χ0v) is 14.2. The first-order valence-corrected chi connectivity index (χ1v) is 8.77. The molecule has 0 bridgehead atoms. The highest BCUT2D eigenvalue weighted by atomic mass is 16.5. The molecule has 24 heavy (non-hydrogen) atoms. The number of anilines is 1. The molecule has 0 amide bonds. The highest BCUT2D eigenvalue weighted by Crippen LogP contribution is 2.49. The molecule has 0 aromatic carbocycles. The Hall–Kier alpha value is -2.01. The van der Waals surface area contributed by atoms with E-state index in [0.29, 0.717) is 12.5 Å². The van der Waals surface area contributed by atoms with Crippen LogP contribution in [-0.2, 0) is 11.3 Å². The lowest BCUT2D eigenvalue weighted by Crippen LogP contribution is -2.32. The number of hydrogen-bond acceptors (Lipinski definition) is 5. The molecule has 1 aliphatic carbocycles. The van der Waals surface area contributed by atoms with Gasteiger partial charge in [-0.05, 0) is 43.9 Å². The van der Waals surface area contributed by atoms with Crippen molar-refractivity contribution in [3.05, 3.63) is 48.0 Å². The quantitative estimate of drug-likeness (QED) is 0.846. The summed E-state index contributed by atoms with van der Waals surface area (Å²) >= 11 is 0. The second-order valence-electron chi connectivity index (χ2n) is 7.14. The summed E-state index contributed by atoms with van der Waals surface area (Å²) in [5.41, 5.74) is 2.31. The molecular formula is C19H24N4O. The van der Waals surface area contributed by atoms with Crippen LogP contribution in [-0.4, -0.2) is 34.6 Å². The molecule has 1 aliphatic heterocycles. The second-order valence-corrected chi connectivity index (χ2v) is 7.14. The molecule has 4 rings (SSSR count). The maximum Gasteiger partial charge on any atom is 0.225 e. The fraction of sp³-hybridized carbons (Fsp3) is 0.526. The van der Waals surface area contributed by atoms with Crippen LogP contribution in [0.15, 0.2) is 36.7 Å². The molecule has 126 valence electrons. The van der Waals surface area contributed by atoms with E-state index in [4.69, 9.17) is 4.74 Å². The van der Waals surface area contributed by atoms with Crippen molar-refractivity contribution in [2.24, 2.45) is 11.3 Å². The topological polar surface area (TPSA) is 51.1 Å². The van der Waals surface area contributed by atoms with Crippen molar-refractivity contribution in [2.75, 3.05) is 24.6 Å². The first-order valence-electron chi connectivity index (χ1n) is 8.77. The molecule has 2 atom stereocenters. The fourth-order valence-corrected chi connectivity index (χ4v) is 4.30. The van der Waals surface area contributed by atoms with Gasteiger partial charge in [-0.25, -0.2) is 9.97 Å². The van der Waals surface area contributed by atoms with Crippen LogP contribution >= 0.6 is 0 Å². The summed E-state index contributed by atoms with van der Waals surface area (Å²) in [4.78, 5) is 15.7. The van der Waals surface area contributed by atoms with E-state index >= 15 is 0 Å². The van der Waals surface area contributed by atoms with Gasteiger partial charge in [0.25, 0.3) is 0 Å². The number of fused-ring (bicyclic) bond motifs is 1. The van der Waals surface area contributed by atoms with Crippen molar-refractivity contribution in [2.45, 2.75) is 32.8 Å². The Balaban J connectivity index is 1.41. The van der Waals surface area contributed by atoms with Crippen LogP contribution in [0.4, 0.5) is 5.95 Å². The summed E-state index contributed by atoms with van der Waals surface area (Å²) < 4.78 is 6.12. The van der Waals surface area contributed by atoms with E-state index in [-0.39, 0.29) is 5.41 Å². The second kappa shape index (κ2) is 6.48. The number of hydrogen-bond donors (Lipinski definition) is 0. The van der Waals surface area contributed by atoms with Crippen LogP contribution in [0, 0.1) is 18.3 Å². The zero-order valence-electron chi connectivity index (χ0n) is 14.2. The van der Waals surface area contributed by atoms with Crippen molar-refractivity contribution in [3.8, 4) is 0 Å². The number of aromatic nitrogens is 3. The maximum atomic E-state index is 6.12. The molecule has 0 spiro atoms. The lowest BCUT2D eigenvalue weighted by atomic mass is 9.81. The van der Waals surface area contributed by atoms with E-state index < -0.39 is 0 Å². The molecule has 0 unspecified atom stereocenters. The molecule has 3 heterocycles. The van der Waals surface area contributed by atoms with Crippen LogP contribution < -0.4 is 4.90 Å². The smallest absolute Gasteiger partial charge is 0.225 e. The highest BCUT2D eigenvalue weighted by Gasteiger charge is 2.50. The third kappa shape index (κ3) is 3.00. The Morgan fingerprint density at radius 3 is 2.96 bits per heavy atom. The van der Waals surface area contributed by atoms with Crippen LogP contribution in [0.25, 0.3) is 0 Å². The highest BCUT2D eigenvalue weighted by molar-refractivity contribution is 5.33. The third-order valence-corrected chi connectivity index (χ3v) is 5.46. The summed E-state index contributed by atoms with van der Waals surface area (Å²) in [6.07, 6.45) is 7.48. The van der Waals surface area contributed by atoms with Crippen LogP contribution in [0.3, 0.4) is 0 Å². The largest absolute Gasteiger partial charge is 0.375 e. The first-order chi connectivity index (χ1) is 11.8. The van der Waals surface area contributed by atoms with Gasteiger partial charge >= 0.3 is 0 Å². The van der Waals surface area contributed by atoms with Crippen molar-refractivity contribution in [1.82, 2.24) is 15.0 Å². The minimum atomic E-state index is 0.253. The van der Waals surface area contributed by atoms with Crippen LogP contribution in [0.5, 0.6) is 0 Å². The molecule has 2 fully saturated rings. The maximum absolute atomic E-state index is 6.12. The monoisotopic (exact) mass is 324 g/mol. The van der Waals surface area contributed by atoms with Crippen molar-refractivity contribution < 1.29 is 4.74 Å². The zero-order chi connectivity index (χ0) is 16.4. The summed E-state index contributed by atoms with van der Waals surface area (Å²) in [6.45, 7) is 5.47. The van der Waals surface area contributed by atoms with E-state index in [1.807, 2.05) is 43.6 Å². The first kappa shape index (κ1) is 15.5. The number of rotatable bonds is 5. The Morgan fingerprint density at radius 1 is 1.25 bits per heavy atom. The molecule has 1 saturated heterocycles. The minimum Gasteiger partial charge on any atom is -0.375 e. The van der Waals surface area contributed by atoms with Gasteiger partial charge in [0.2, 0.25) is 5.95 Å². The number of nitrogens with zero attached hydrogens (tertiary/aromatic N) is 4. The van der Waals surface area contributed by atoms with Gasteiger partial charge in [0.1, 0.15) is 0 Å². The van der Waals surface area contributed by atoms with E-state index in [9.17, 15) is 0 Å². The standard InChI is InChI=1S/C19H24N4O/c1-15-5-2-7-17(22-15)12-24-14-19-8-3-6-16(19)11-23(13-19)18-20-9-4-10-21-18/h2,4-5,7,9-10,16H,3,6,8,11-14H2,1H3/t16-,19+/m0/s1. The Labute approximate surface area is 143 Å². The van der Waals surface area contributed by atoms with E-state index in [1.165, 1.54) is 19.3 Å². The van der Waals surface area contributed by atoms with Gasteiger partial charge in [-0.1, -0.05) is 12.5 Å². The normalized spacial score (nSPS) is 25.9. The van der Waals surface area contributed by atoms with Gasteiger partial charge in [0.15, 0.2) is 0 Å². The summed E-state index contributed by atoms with van der Waals surface area (Å²) in [7, 11) is 0.